The van der Waals surface area contributed by atoms with Crippen molar-refractivity contribution in [2.75, 3.05) is 25.5 Å². The highest BCUT2D eigenvalue weighted by atomic mass is 15.2. The van der Waals surface area contributed by atoms with Crippen LogP contribution in [0.25, 0.3) is 0 Å². The van der Waals surface area contributed by atoms with Crippen LogP contribution in [0.2, 0.25) is 0 Å². The van der Waals surface area contributed by atoms with E-state index < -0.39 is 0 Å². The smallest absolute Gasteiger partial charge is 0.126 e. The van der Waals surface area contributed by atoms with E-state index in [9.17, 15) is 0 Å². The van der Waals surface area contributed by atoms with Crippen LogP contribution in [-0.2, 0) is 0 Å². The standard InChI is InChI=1S/C11H14N4/c1-15-5-4-10(8-15)14-11-3-2-9(6-12)7-13-11/h2-3,7,10H,4-5,8H2,1H3,(H,13,14). The van der Waals surface area contributed by atoms with Gasteiger partial charge in [0, 0.05) is 18.8 Å². The molecule has 1 aliphatic heterocycles. The highest BCUT2D eigenvalue weighted by molar-refractivity contribution is 5.40. The molecule has 2 rings (SSSR count). The minimum absolute atomic E-state index is 0.482. The second kappa shape index (κ2) is 4.28. The van der Waals surface area contributed by atoms with E-state index in [-0.39, 0.29) is 0 Å². The molecule has 0 aliphatic carbocycles. The molecule has 1 aliphatic rings. The van der Waals surface area contributed by atoms with Crippen molar-refractivity contribution in [1.82, 2.24) is 9.88 Å². The fraction of sp³-hybridized carbons (Fsp3) is 0.455. The number of nitrogens with zero attached hydrogens (tertiary/aromatic N) is 3. The van der Waals surface area contributed by atoms with Gasteiger partial charge in [-0.25, -0.2) is 4.98 Å². The maximum atomic E-state index is 8.63. The fourth-order valence-electron chi connectivity index (χ4n) is 1.81. The van der Waals surface area contributed by atoms with Gasteiger partial charge in [0.05, 0.1) is 5.56 Å². The van der Waals surface area contributed by atoms with Crippen LogP contribution in [0.4, 0.5) is 5.82 Å². The van der Waals surface area contributed by atoms with Crippen LogP contribution in [0.3, 0.4) is 0 Å². The van der Waals surface area contributed by atoms with Crippen LogP contribution in [-0.4, -0.2) is 36.1 Å². The first-order valence-electron chi connectivity index (χ1n) is 5.09. The van der Waals surface area contributed by atoms with E-state index in [0.717, 1.165) is 25.3 Å². The summed E-state index contributed by atoms with van der Waals surface area (Å²) in [4.78, 5) is 6.48. The van der Waals surface area contributed by atoms with Gasteiger partial charge in [-0.05, 0) is 32.1 Å². The van der Waals surface area contributed by atoms with Gasteiger partial charge in [0.1, 0.15) is 11.9 Å². The molecule has 1 saturated heterocycles. The number of nitriles is 1. The Morgan fingerprint density at radius 3 is 3.00 bits per heavy atom. The lowest BCUT2D eigenvalue weighted by Gasteiger charge is -2.12. The van der Waals surface area contributed by atoms with Crippen LogP contribution in [0.5, 0.6) is 0 Å². The molecule has 0 spiro atoms. The zero-order valence-corrected chi connectivity index (χ0v) is 8.77. The van der Waals surface area contributed by atoms with Gasteiger partial charge < -0.3 is 10.2 Å². The quantitative estimate of drug-likeness (QED) is 0.779. The predicted molar refractivity (Wildman–Crippen MR) is 58.5 cm³/mol. The Morgan fingerprint density at radius 2 is 2.47 bits per heavy atom. The first kappa shape index (κ1) is 9.94. The average molecular weight is 202 g/mol. The molecule has 1 N–H and O–H groups in total. The number of hydrogen-bond acceptors (Lipinski definition) is 4. The third-order valence-electron chi connectivity index (χ3n) is 2.64. The SMILES string of the molecule is CN1CCC(Nc2ccc(C#N)cn2)C1. The van der Waals surface area contributed by atoms with Crippen molar-refractivity contribution in [3.63, 3.8) is 0 Å². The summed E-state index contributed by atoms with van der Waals surface area (Å²) in [5, 5.41) is 12.0. The molecule has 2 heterocycles. The van der Waals surface area contributed by atoms with Crippen LogP contribution < -0.4 is 5.32 Å². The number of anilines is 1. The van der Waals surface area contributed by atoms with Crippen LogP contribution in [0, 0.1) is 11.3 Å². The monoisotopic (exact) mass is 202 g/mol. The number of pyridine rings is 1. The molecule has 0 amide bonds. The Balaban J connectivity index is 1.96. The number of aromatic nitrogens is 1. The highest BCUT2D eigenvalue weighted by Gasteiger charge is 2.18. The van der Waals surface area contributed by atoms with Gasteiger partial charge in [0.15, 0.2) is 0 Å². The maximum absolute atomic E-state index is 8.63. The Labute approximate surface area is 89.5 Å². The number of nitrogens with one attached hydrogen (secondary N) is 1. The third-order valence-corrected chi connectivity index (χ3v) is 2.64. The summed E-state index contributed by atoms with van der Waals surface area (Å²) < 4.78 is 0. The Morgan fingerprint density at radius 1 is 1.60 bits per heavy atom. The summed E-state index contributed by atoms with van der Waals surface area (Å²) in [6, 6.07) is 6.18. The predicted octanol–water partition coefficient (Wildman–Crippen LogP) is 1.07. The molecule has 0 aromatic carbocycles. The van der Waals surface area contributed by atoms with Crippen LogP contribution >= 0.6 is 0 Å². The van der Waals surface area contributed by atoms with E-state index in [4.69, 9.17) is 5.26 Å². The maximum Gasteiger partial charge on any atom is 0.126 e. The molecule has 1 aromatic heterocycles. The summed E-state index contributed by atoms with van der Waals surface area (Å²) >= 11 is 0. The summed E-state index contributed by atoms with van der Waals surface area (Å²) in [5.74, 6) is 0.856. The van der Waals surface area contributed by atoms with Gasteiger partial charge in [0.25, 0.3) is 0 Å². The Kier molecular flexibility index (Phi) is 2.84. The van der Waals surface area contributed by atoms with Crippen LogP contribution in [0.15, 0.2) is 18.3 Å². The van der Waals surface area contributed by atoms with Crippen molar-refractivity contribution in [3.05, 3.63) is 23.9 Å². The van der Waals surface area contributed by atoms with Crippen molar-refractivity contribution in [2.45, 2.75) is 12.5 Å². The fourth-order valence-corrected chi connectivity index (χ4v) is 1.81. The summed E-state index contributed by atoms with van der Waals surface area (Å²) in [7, 11) is 2.12. The van der Waals surface area contributed by atoms with E-state index in [1.165, 1.54) is 0 Å². The first-order chi connectivity index (χ1) is 7.28. The van der Waals surface area contributed by atoms with Gasteiger partial charge in [-0.3, -0.25) is 0 Å². The van der Waals surface area contributed by atoms with Gasteiger partial charge >= 0.3 is 0 Å². The summed E-state index contributed by atoms with van der Waals surface area (Å²) in [5.41, 5.74) is 0.601. The molecule has 0 saturated carbocycles. The number of hydrogen-bond donors (Lipinski definition) is 1. The lowest BCUT2D eigenvalue weighted by molar-refractivity contribution is 0.414. The number of likely N-dealkylation sites (N-methyl/N-ethyl adjacent to an activating group) is 1. The normalized spacial score (nSPS) is 21.2. The average Bonchev–Trinajstić information content (AvgIpc) is 2.65. The zero-order chi connectivity index (χ0) is 10.7. The van der Waals surface area contributed by atoms with Crippen LogP contribution in [0.1, 0.15) is 12.0 Å². The summed E-state index contributed by atoms with van der Waals surface area (Å²) in [6.07, 6.45) is 2.75. The molecule has 1 unspecified atom stereocenters. The molecule has 0 radical (unpaired) electrons. The van der Waals surface area contributed by atoms with Gasteiger partial charge in [-0.2, -0.15) is 5.26 Å². The van der Waals surface area contributed by atoms with Crippen molar-refractivity contribution in [1.29, 1.82) is 5.26 Å². The molecule has 1 aromatic rings. The van der Waals surface area contributed by atoms with Crippen molar-refractivity contribution in [3.8, 4) is 6.07 Å². The first-order valence-corrected chi connectivity index (χ1v) is 5.09. The lowest BCUT2D eigenvalue weighted by Crippen LogP contribution is -2.23. The Bertz CT molecular complexity index is 365. The minimum atomic E-state index is 0.482. The van der Waals surface area contributed by atoms with Crippen molar-refractivity contribution >= 4 is 5.82 Å². The van der Waals surface area contributed by atoms with Gasteiger partial charge in [0.2, 0.25) is 0 Å². The van der Waals surface area contributed by atoms with E-state index in [2.05, 4.69) is 28.3 Å². The third kappa shape index (κ3) is 2.45. The molecule has 4 heteroatoms. The van der Waals surface area contributed by atoms with Gasteiger partial charge in [-0.1, -0.05) is 0 Å². The second-order valence-electron chi connectivity index (χ2n) is 3.94. The zero-order valence-electron chi connectivity index (χ0n) is 8.77. The molecular weight excluding hydrogens is 188 g/mol. The van der Waals surface area contributed by atoms with E-state index >= 15 is 0 Å². The van der Waals surface area contributed by atoms with Crippen molar-refractivity contribution < 1.29 is 0 Å². The van der Waals surface area contributed by atoms with Crippen molar-refractivity contribution in [2.24, 2.45) is 0 Å². The summed E-state index contributed by atoms with van der Waals surface area (Å²) in [6.45, 7) is 2.19. The molecule has 1 fully saturated rings. The molecule has 4 nitrogen and oxygen atoms in total. The number of likely N-dealkylation sites (tertiary alicyclic amines) is 1. The minimum Gasteiger partial charge on any atom is -0.366 e. The number of rotatable bonds is 2. The van der Waals surface area contributed by atoms with E-state index in [1.54, 1.807) is 12.3 Å². The Hall–Kier alpha value is -1.60. The van der Waals surface area contributed by atoms with Gasteiger partial charge in [-0.15, -0.1) is 0 Å². The lowest BCUT2D eigenvalue weighted by atomic mass is 10.2. The van der Waals surface area contributed by atoms with E-state index in [0.29, 0.717) is 11.6 Å². The molecule has 78 valence electrons. The highest BCUT2D eigenvalue weighted by Crippen LogP contribution is 2.12. The molecular formula is C11H14N4. The molecule has 1 atom stereocenters. The second-order valence-corrected chi connectivity index (χ2v) is 3.94. The topological polar surface area (TPSA) is 52.0 Å². The largest absolute Gasteiger partial charge is 0.366 e. The van der Waals surface area contributed by atoms with E-state index in [1.807, 2.05) is 6.07 Å². The molecule has 0 bridgehead atoms. The molecule has 15 heavy (non-hydrogen) atoms.